The molecule has 7 nitrogen and oxygen atoms in total. The number of hydrogen-bond donors (Lipinski definition) is 1. The molecule has 0 saturated carbocycles. The molecule has 1 aliphatic rings. The van der Waals surface area contributed by atoms with Gasteiger partial charge in [0.25, 0.3) is 0 Å². The number of carboxylic acid groups (broad SMARTS) is 1. The number of halogens is 5. The van der Waals surface area contributed by atoms with Crippen molar-refractivity contribution in [3.63, 3.8) is 0 Å². The summed E-state index contributed by atoms with van der Waals surface area (Å²) >= 11 is 0. The zero-order chi connectivity index (χ0) is 24.8. The molecule has 2 aromatic heterocycles. The van der Waals surface area contributed by atoms with Gasteiger partial charge in [0.1, 0.15) is 17.9 Å². The zero-order valence-corrected chi connectivity index (χ0v) is 18.2. The molecule has 3 aromatic rings. The number of rotatable bonds is 7. The van der Waals surface area contributed by atoms with Crippen molar-refractivity contribution < 1.29 is 36.6 Å². The normalized spacial score (nSPS) is 17.0. The monoisotopic (exact) mass is 484 g/mol. The highest BCUT2D eigenvalue weighted by Gasteiger charge is 2.63. The van der Waals surface area contributed by atoms with E-state index in [2.05, 4.69) is 9.97 Å². The molecule has 0 amide bonds. The number of carboxylic acids is 1. The molecule has 3 heterocycles. The summed E-state index contributed by atoms with van der Waals surface area (Å²) in [5.41, 5.74) is 1.19. The number of ether oxygens (including phenoxy) is 1. The number of alkyl halides is 4. The molecule has 0 spiro atoms. The highest BCUT2D eigenvalue weighted by Crippen LogP contribution is 2.44. The SMILES string of the molecule is CC(C)n1cc(N2CC(F)(F)C(F)(F)C2)c2nc(OCc3ccc(F)c(CC(=O)O)c3)ncc21. The Bertz CT molecular complexity index is 1230. The van der Waals surface area contributed by atoms with Crippen molar-refractivity contribution >= 4 is 22.7 Å². The van der Waals surface area contributed by atoms with Crippen LogP contribution in [-0.2, 0) is 17.8 Å². The second-order valence-electron chi connectivity index (χ2n) is 8.45. The Hall–Kier alpha value is -3.44. The average molecular weight is 484 g/mol. The quantitative estimate of drug-likeness (QED) is 0.500. The summed E-state index contributed by atoms with van der Waals surface area (Å²) in [5.74, 6) is -10.2. The van der Waals surface area contributed by atoms with Crippen LogP contribution in [0.1, 0.15) is 31.0 Å². The molecule has 1 fully saturated rings. The minimum Gasteiger partial charge on any atom is -0.481 e. The Labute approximate surface area is 190 Å². The van der Waals surface area contributed by atoms with Crippen LogP contribution in [0.3, 0.4) is 0 Å². The van der Waals surface area contributed by atoms with Crippen molar-refractivity contribution in [2.45, 2.75) is 44.8 Å². The summed E-state index contributed by atoms with van der Waals surface area (Å²) < 4.78 is 76.4. The van der Waals surface area contributed by atoms with Gasteiger partial charge in [-0.1, -0.05) is 6.07 Å². The lowest BCUT2D eigenvalue weighted by Gasteiger charge is -2.15. The molecule has 0 bridgehead atoms. The maximum absolute atomic E-state index is 13.8. The van der Waals surface area contributed by atoms with E-state index in [4.69, 9.17) is 9.84 Å². The maximum atomic E-state index is 13.8. The van der Waals surface area contributed by atoms with Crippen LogP contribution in [0.25, 0.3) is 11.0 Å². The molecular formula is C22H21F5N4O3. The lowest BCUT2D eigenvalue weighted by Crippen LogP contribution is -2.38. The first-order valence-electron chi connectivity index (χ1n) is 10.4. The summed E-state index contributed by atoms with van der Waals surface area (Å²) in [6.45, 7) is 1.24. The number of hydrogen-bond acceptors (Lipinski definition) is 5. The molecule has 0 aliphatic carbocycles. The van der Waals surface area contributed by atoms with E-state index in [-0.39, 0.29) is 35.4 Å². The second kappa shape index (κ2) is 8.41. The van der Waals surface area contributed by atoms with Gasteiger partial charge in [-0.25, -0.2) is 9.37 Å². The number of nitrogens with zero attached hydrogens (tertiary/aromatic N) is 4. The molecule has 1 saturated heterocycles. The fourth-order valence-electron chi connectivity index (χ4n) is 3.83. The van der Waals surface area contributed by atoms with Crippen LogP contribution in [-0.4, -0.2) is 50.5 Å². The molecule has 4 rings (SSSR count). The fraction of sp³-hybridized carbons (Fsp3) is 0.409. The number of fused-ring (bicyclic) bond motifs is 1. The van der Waals surface area contributed by atoms with Crippen LogP contribution >= 0.6 is 0 Å². The molecule has 1 aliphatic heterocycles. The lowest BCUT2D eigenvalue weighted by atomic mass is 10.1. The molecule has 182 valence electrons. The van der Waals surface area contributed by atoms with Crippen LogP contribution in [0.15, 0.2) is 30.6 Å². The maximum Gasteiger partial charge on any atom is 0.329 e. The largest absolute Gasteiger partial charge is 0.481 e. The topological polar surface area (TPSA) is 80.5 Å². The van der Waals surface area contributed by atoms with Crippen molar-refractivity contribution in [1.29, 1.82) is 0 Å². The van der Waals surface area contributed by atoms with Crippen molar-refractivity contribution in [3.8, 4) is 6.01 Å². The van der Waals surface area contributed by atoms with Crippen LogP contribution in [0.5, 0.6) is 6.01 Å². The Morgan fingerprint density at radius 1 is 1.21 bits per heavy atom. The van der Waals surface area contributed by atoms with E-state index in [9.17, 15) is 26.7 Å². The first-order chi connectivity index (χ1) is 15.9. The predicted octanol–water partition coefficient (Wildman–Crippen LogP) is 4.45. The van der Waals surface area contributed by atoms with Crippen molar-refractivity contribution in [1.82, 2.24) is 14.5 Å². The molecular weight excluding hydrogens is 463 g/mol. The summed E-state index contributed by atoms with van der Waals surface area (Å²) in [7, 11) is 0. The van der Waals surface area contributed by atoms with Gasteiger partial charge in [0.2, 0.25) is 0 Å². The minimum atomic E-state index is -4.18. The first kappa shape index (κ1) is 23.7. The van der Waals surface area contributed by atoms with Gasteiger partial charge >= 0.3 is 23.8 Å². The Morgan fingerprint density at radius 3 is 2.50 bits per heavy atom. The van der Waals surface area contributed by atoms with Gasteiger partial charge in [-0.05, 0) is 37.1 Å². The smallest absolute Gasteiger partial charge is 0.329 e. The van der Waals surface area contributed by atoms with Crippen LogP contribution in [0.2, 0.25) is 0 Å². The second-order valence-corrected chi connectivity index (χ2v) is 8.45. The van der Waals surface area contributed by atoms with Crippen LogP contribution in [0, 0.1) is 5.82 Å². The Kier molecular flexibility index (Phi) is 5.86. The van der Waals surface area contributed by atoms with E-state index in [0.29, 0.717) is 11.1 Å². The number of aromatic nitrogens is 3. The number of benzene rings is 1. The minimum absolute atomic E-state index is 0.0165. The Balaban J connectivity index is 1.63. The third kappa shape index (κ3) is 4.36. The lowest BCUT2D eigenvalue weighted by molar-refractivity contribution is -0.172. The first-order valence-corrected chi connectivity index (χ1v) is 10.4. The van der Waals surface area contributed by atoms with Gasteiger partial charge in [-0.15, -0.1) is 0 Å². The van der Waals surface area contributed by atoms with E-state index in [0.717, 1.165) is 11.0 Å². The van der Waals surface area contributed by atoms with Crippen molar-refractivity contribution in [3.05, 3.63) is 47.5 Å². The molecule has 1 N–H and O–H groups in total. The van der Waals surface area contributed by atoms with E-state index in [1.807, 2.05) is 13.8 Å². The highest BCUT2D eigenvalue weighted by molar-refractivity contribution is 5.90. The van der Waals surface area contributed by atoms with E-state index < -0.39 is 43.1 Å². The predicted molar refractivity (Wildman–Crippen MR) is 112 cm³/mol. The van der Waals surface area contributed by atoms with Gasteiger partial charge in [-0.3, -0.25) is 4.79 Å². The number of anilines is 1. The summed E-state index contributed by atoms with van der Waals surface area (Å²) in [5, 5.41) is 8.89. The van der Waals surface area contributed by atoms with E-state index in [1.165, 1.54) is 24.5 Å². The van der Waals surface area contributed by atoms with Gasteiger partial charge in [0.05, 0.1) is 36.9 Å². The van der Waals surface area contributed by atoms with Crippen LogP contribution < -0.4 is 9.64 Å². The summed E-state index contributed by atoms with van der Waals surface area (Å²) in [4.78, 5) is 20.2. The standard InChI is InChI=1S/C22H21F5N4O3/c1-12(2)31-8-17(30-10-21(24,25)22(26,27)11-30)19-16(31)7-28-20(29-19)34-9-13-3-4-15(23)14(5-13)6-18(32)33/h3-5,7-8,12H,6,9-11H2,1-2H3,(H,32,33). The number of carbonyl (C=O) groups is 1. The number of aliphatic carboxylic acids is 1. The summed E-state index contributed by atoms with van der Waals surface area (Å²) in [6.07, 6.45) is 2.40. The molecule has 0 radical (unpaired) electrons. The van der Waals surface area contributed by atoms with Crippen LogP contribution in [0.4, 0.5) is 27.6 Å². The summed E-state index contributed by atoms with van der Waals surface area (Å²) in [6, 6.07) is 3.61. The fourth-order valence-corrected chi connectivity index (χ4v) is 3.83. The molecule has 0 unspecified atom stereocenters. The van der Waals surface area contributed by atoms with Crippen molar-refractivity contribution in [2.75, 3.05) is 18.0 Å². The molecule has 34 heavy (non-hydrogen) atoms. The van der Waals surface area contributed by atoms with E-state index in [1.54, 1.807) is 4.57 Å². The molecule has 0 atom stereocenters. The highest BCUT2D eigenvalue weighted by atomic mass is 19.3. The zero-order valence-electron chi connectivity index (χ0n) is 18.2. The van der Waals surface area contributed by atoms with Gasteiger partial charge < -0.3 is 19.3 Å². The molecule has 12 heteroatoms. The average Bonchev–Trinajstić information content (AvgIpc) is 3.21. The molecule has 1 aromatic carbocycles. The van der Waals surface area contributed by atoms with Gasteiger partial charge in [0, 0.05) is 12.2 Å². The van der Waals surface area contributed by atoms with Crippen molar-refractivity contribution in [2.24, 2.45) is 0 Å². The van der Waals surface area contributed by atoms with Gasteiger partial charge in [0.15, 0.2) is 0 Å². The van der Waals surface area contributed by atoms with E-state index >= 15 is 0 Å². The Morgan fingerprint density at radius 2 is 1.88 bits per heavy atom. The van der Waals surface area contributed by atoms with Gasteiger partial charge in [-0.2, -0.15) is 22.5 Å². The third-order valence-electron chi connectivity index (χ3n) is 5.56. The third-order valence-corrected chi connectivity index (χ3v) is 5.56.